The fraction of sp³-hybridized carbons (Fsp3) is 0.524. The summed E-state index contributed by atoms with van der Waals surface area (Å²) < 4.78 is 0. The third kappa shape index (κ3) is 4.11. The van der Waals surface area contributed by atoms with E-state index in [0.717, 1.165) is 67.9 Å². The monoisotopic (exact) mass is 381 g/mol. The highest BCUT2D eigenvalue weighted by molar-refractivity contribution is 5.80. The van der Waals surface area contributed by atoms with Gasteiger partial charge in [0.15, 0.2) is 0 Å². The summed E-state index contributed by atoms with van der Waals surface area (Å²) in [6.45, 7) is 5.45. The Hall–Kier alpha value is -2.22. The number of anilines is 1. The van der Waals surface area contributed by atoms with Crippen LogP contribution in [0.5, 0.6) is 0 Å². The molecule has 2 heterocycles. The molecule has 2 fully saturated rings. The summed E-state index contributed by atoms with van der Waals surface area (Å²) in [5, 5.41) is 3.47. The second kappa shape index (κ2) is 8.43. The first-order valence-electron chi connectivity index (χ1n) is 10.2. The lowest BCUT2D eigenvalue weighted by Crippen LogP contribution is -2.44. The number of piperazine rings is 1. The highest BCUT2D eigenvalue weighted by Gasteiger charge is 2.26. The van der Waals surface area contributed by atoms with Crippen molar-refractivity contribution in [1.29, 1.82) is 0 Å². The first kappa shape index (κ1) is 19.1. The van der Waals surface area contributed by atoms with Gasteiger partial charge in [-0.2, -0.15) is 0 Å². The molecule has 0 bridgehead atoms. The fourth-order valence-corrected chi connectivity index (χ4v) is 3.94. The molecule has 0 spiro atoms. The Kier molecular flexibility index (Phi) is 5.75. The average molecular weight is 382 g/mol. The third-order valence-corrected chi connectivity index (χ3v) is 6.01. The van der Waals surface area contributed by atoms with Gasteiger partial charge in [-0.05, 0) is 50.6 Å². The molecule has 2 aromatic rings. The Bertz CT molecular complexity index is 836. The first-order chi connectivity index (χ1) is 13.7. The molecule has 0 amide bonds. The van der Waals surface area contributed by atoms with Crippen molar-refractivity contribution in [1.82, 2.24) is 20.2 Å². The summed E-state index contributed by atoms with van der Waals surface area (Å²) in [6.07, 6.45) is 6.09. The van der Waals surface area contributed by atoms with Crippen molar-refractivity contribution in [3.63, 3.8) is 0 Å². The van der Waals surface area contributed by atoms with Crippen molar-refractivity contribution in [2.75, 3.05) is 51.2 Å². The molecule has 1 aliphatic heterocycles. The summed E-state index contributed by atoms with van der Waals surface area (Å²) in [4.78, 5) is 14.2. The zero-order valence-corrected chi connectivity index (χ0v) is 16.6. The molecular formula is C21H31N7. The Morgan fingerprint density at radius 3 is 2.68 bits per heavy atom. The standard InChI is InChI=1S/C21H31N7/c1-27-4-6-28(7-5-27)18-2-3-19-20(10-18)26-21(14-25-19)16(12-23)13-24-17-8-15(9-17)11-22/h2-3,10,13-15,17,24H,4-9,11-12,22-23H2,1H3/b16-13+. The smallest absolute Gasteiger partial charge is 0.0914 e. The highest BCUT2D eigenvalue weighted by atomic mass is 15.2. The van der Waals surface area contributed by atoms with E-state index in [1.807, 2.05) is 12.4 Å². The molecule has 28 heavy (non-hydrogen) atoms. The number of likely N-dealkylation sites (N-methyl/N-ethyl adjacent to an activating group) is 1. The Balaban J connectivity index is 1.52. The fourth-order valence-electron chi connectivity index (χ4n) is 3.94. The van der Waals surface area contributed by atoms with Crippen LogP contribution in [0.4, 0.5) is 5.69 Å². The largest absolute Gasteiger partial charge is 0.388 e. The van der Waals surface area contributed by atoms with Gasteiger partial charge in [-0.1, -0.05) is 0 Å². The Labute approximate surface area is 166 Å². The summed E-state index contributed by atoms with van der Waals surface area (Å²) in [7, 11) is 2.17. The molecule has 2 aliphatic rings. The highest BCUT2D eigenvalue weighted by Crippen LogP contribution is 2.26. The van der Waals surface area contributed by atoms with E-state index >= 15 is 0 Å². The normalized spacial score (nSPS) is 23.7. The number of nitrogens with zero attached hydrogens (tertiary/aromatic N) is 4. The molecule has 150 valence electrons. The van der Waals surface area contributed by atoms with Gasteiger partial charge in [0.1, 0.15) is 0 Å². The minimum absolute atomic E-state index is 0.429. The SMILES string of the molecule is CN1CCN(c2ccc3ncc(/C(=C/NC4CC(CN)C4)CN)nc3c2)CC1. The number of fused-ring (bicyclic) bond motifs is 1. The number of benzene rings is 1. The second-order valence-corrected chi connectivity index (χ2v) is 8.03. The van der Waals surface area contributed by atoms with E-state index in [1.165, 1.54) is 5.69 Å². The van der Waals surface area contributed by atoms with Crippen molar-refractivity contribution < 1.29 is 0 Å². The number of nitrogens with two attached hydrogens (primary N) is 2. The van der Waals surface area contributed by atoms with Crippen LogP contribution >= 0.6 is 0 Å². The van der Waals surface area contributed by atoms with Crippen molar-refractivity contribution in [2.24, 2.45) is 17.4 Å². The van der Waals surface area contributed by atoms with Crippen molar-refractivity contribution in [3.8, 4) is 0 Å². The lowest BCUT2D eigenvalue weighted by Gasteiger charge is -2.34. The van der Waals surface area contributed by atoms with Gasteiger partial charge in [0.25, 0.3) is 0 Å². The van der Waals surface area contributed by atoms with Crippen LogP contribution in [0.2, 0.25) is 0 Å². The summed E-state index contributed by atoms with van der Waals surface area (Å²) >= 11 is 0. The molecule has 7 heteroatoms. The Morgan fingerprint density at radius 2 is 1.96 bits per heavy atom. The number of nitrogens with one attached hydrogen (secondary N) is 1. The van der Waals surface area contributed by atoms with E-state index in [9.17, 15) is 0 Å². The van der Waals surface area contributed by atoms with Crippen LogP contribution in [0.3, 0.4) is 0 Å². The number of rotatable bonds is 6. The summed E-state index contributed by atoms with van der Waals surface area (Å²) in [6, 6.07) is 6.85. The summed E-state index contributed by atoms with van der Waals surface area (Å²) in [5.41, 5.74) is 16.6. The maximum absolute atomic E-state index is 6.00. The van der Waals surface area contributed by atoms with Crippen LogP contribution in [-0.2, 0) is 0 Å². The molecule has 0 unspecified atom stereocenters. The molecular weight excluding hydrogens is 350 g/mol. The summed E-state index contributed by atoms with van der Waals surface area (Å²) in [5.74, 6) is 0.653. The predicted octanol–water partition coefficient (Wildman–Crippen LogP) is 1.01. The average Bonchev–Trinajstić information content (AvgIpc) is 2.69. The zero-order valence-electron chi connectivity index (χ0n) is 16.6. The van der Waals surface area contributed by atoms with Gasteiger partial charge >= 0.3 is 0 Å². The van der Waals surface area contributed by atoms with E-state index in [1.54, 1.807) is 0 Å². The van der Waals surface area contributed by atoms with E-state index in [2.05, 4.69) is 45.3 Å². The van der Waals surface area contributed by atoms with Crippen molar-refractivity contribution >= 4 is 22.3 Å². The second-order valence-electron chi connectivity index (χ2n) is 8.03. The molecule has 7 nitrogen and oxygen atoms in total. The van der Waals surface area contributed by atoms with Crippen molar-refractivity contribution in [2.45, 2.75) is 18.9 Å². The van der Waals surface area contributed by atoms with Crippen LogP contribution in [0.15, 0.2) is 30.6 Å². The minimum atomic E-state index is 0.429. The molecule has 1 saturated carbocycles. The molecule has 1 aliphatic carbocycles. The third-order valence-electron chi connectivity index (χ3n) is 6.01. The molecule has 1 saturated heterocycles. The van der Waals surface area contributed by atoms with E-state index in [4.69, 9.17) is 16.5 Å². The van der Waals surface area contributed by atoms with Crippen LogP contribution in [-0.4, -0.2) is 67.2 Å². The van der Waals surface area contributed by atoms with Crippen molar-refractivity contribution in [3.05, 3.63) is 36.3 Å². The van der Waals surface area contributed by atoms with Gasteiger partial charge in [0.2, 0.25) is 0 Å². The lowest BCUT2D eigenvalue weighted by molar-refractivity contribution is 0.247. The number of aromatic nitrogens is 2. The molecule has 5 N–H and O–H groups in total. The maximum Gasteiger partial charge on any atom is 0.0914 e. The van der Waals surface area contributed by atoms with Crippen LogP contribution in [0.25, 0.3) is 16.6 Å². The van der Waals surface area contributed by atoms with Crippen LogP contribution in [0, 0.1) is 5.92 Å². The van der Waals surface area contributed by atoms with E-state index < -0.39 is 0 Å². The molecule has 1 aromatic carbocycles. The first-order valence-corrected chi connectivity index (χ1v) is 10.2. The van der Waals surface area contributed by atoms with Crippen LogP contribution in [0.1, 0.15) is 18.5 Å². The topological polar surface area (TPSA) is 96.3 Å². The van der Waals surface area contributed by atoms with Gasteiger partial charge in [0, 0.05) is 56.2 Å². The predicted molar refractivity (Wildman–Crippen MR) is 115 cm³/mol. The van der Waals surface area contributed by atoms with Gasteiger partial charge in [-0.15, -0.1) is 0 Å². The molecule has 0 radical (unpaired) electrons. The maximum atomic E-state index is 6.00. The number of hydrogen-bond donors (Lipinski definition) is 3. The molecule has 1 aromatic heterocycles. The lowest BCUT2D eigenvalue weighted by atomic mass is 9.80. The van der Waals surface area contributed by atoms with Gasteiger partial charge in [-0.3, -0.25) is 4.98 Å². The van der Waals surface area contributed by atoms with E-state index in [0.29, 0.717) is 18.5 Å². The number of hydrogen-bond acceptors (Lipinski definition) is 7. The van der Waals surface area contributed by atoms with Gasteiger partial charge < -0.3 is 26.6 Å². The molecule has 0 atom stereocenters. The van der Waals surface area contributed by atoms with Gasteiger partial charge in [0.05, 0.1) is 22.9 Å². The quantitative estimate of drug-likeness (QED) is 0.687. The van der Waals surface area contributed by atoms with E-state index in [-0.39, 0.29) is 0 Å². The molecule has 4 rings (SSSR count). The Morgan fingerprint density at radius 1 is 1.18 bits per heavy atom. The van der Waals surface area contributed by atoms with Crippen LogP contribution < -0.4 is 21.7 Å². The zero-order chi connectivity index (χ0) is 19.5. The van der Waals surface area contributed by atoms with Gasteiger partial charge in [-0.25, -0.2) is 4.98 Å². The minimum Gasteiger partial charge on any atom is -0.388 e.